The Kier molecular flexibility index (Phi) is 4.40. The van der Waals surface area contributed by atoms with E-state index in [1.807, 2.05) is 29.8 Å². The lowest BCUT2D eigenvalue weighted by atomic mass is 10.1. The lowest BCUT2D eigenvalue weighted by Gasteiger charge is -2.23. The van der Waals surface area contributed by atoms with Crippen LogP contribution in [0.4, 0.5) is 5.69 Å². The number of aromatic nitrogens is 3. The number of carbonyl (C=O) groups excluding carboxylic acids is 1. The second kappa shape index (κ2) is 6.84. The van der Waals surface area contributed by atoms with Crippen LogP contribution < -0.4 is 15.4 Å². The molecule has 7 heteroatoms. The van der Waals surface area contributed by atoms with Crippen molar-refractivity contribution in [3.05, 3.63) is 35.2 Å². The first kappa shape index (κ1) is 16.1. The Balaban J connectivity index is 1.50. The van der Waals surface area contributed by atoms with E-state index in [9.17, 15) is 4.79 Å². The maximum atomic E-state index is 12.6. The highest BCUT2D eigenvalue weighted by atomic mass is 16.5. The van der Waals surface area contributed by atoms with Gasteiger partial charge in [-0.15, -0.1) is 5.10 Å². The Morgan fingerprint density at radius 2 is 2.20 bits per heavy atom. The van der Waals surface area contributed by atoms with E-state index in [2.05, 4.69) is 20.9 Å². The highest BCUT2D eigenvalue weighted by molar-refractivity contribution is 6.03. The fourth-order valence-electron chi connectivity index (χ4n) is 3.58. The molecule has 7 nitrogen and oxygen atoms in total. The molecule has 0 unspecified atom stereocenters. The van der Waals surface area contributed by atoms with Crippen molar-refractivity contribution < 1.29 is 9.53 Å². The van der Waals surface area contributed by atoms with E-state index in [0.717, 1.165) is 68.1 Å². The largest absolute Gasteiger partial charge is 0.493 e. The standard InChI is InChI=1S/C18H23N5O2/c1-12-17(21-22-23(12)15-6-8-19-9-7-15)18(24)20-14-4-5-16-13(11-14)3-2-10-25-16/h4-5,11,15,19H,2-3,6-10H2,1H3,(H,20,24). The van der Waals surface area contributed by atoms with Crippen molar-refractivity contribution in [2.75, 3.05) is 25.0 Å². The molecule has 4 rings (SSSR count). The first-order chi connectivity index (χ1) is 12.2. The molecule has 0 spiro atoms. The molecule has 2 aromatic rings. The molecule has 0 saturated carbocycles. The molecule has 2 aliphatic heterocycles. The fourth-order valence-corrected chi connectivity index (χ4v) is 3.58. The average Bonchev–Trinajstić information content (AvgIpc) is 3.04. The van der Waals surface area contributed by atoms with E-state index in [1.54, 1.807) is 0 Å². The summed E-state index contributed by atoms with van der Waals surface area (Å²) >= 11 is 0. The molecule has 0 aliphatic carbocycles. The summed E-state index contributed by atoms with van der Waals surface area (Å²) in [5.74, 6) is 0.701. The van der Waals surface area contributed by atoms with E-state index >= 15 is 0 Å². The third kappa shape index (κ3) is 3.24. The normalized spacial score (nSPS) is 17.6. The highest BCUT2D eigenvalue weighted by Gasteiger charge is 2.23. The van der Waals surface area contributed by atoms with Crippen LogP contribution in [0.2, 0.25) is 0 Å². The zero-order chi connectivity index (χ0) is 17.2. The van der Waals surface area contributed by atoms with Crippen molar-refractivity contribution in [3.63, 3.8) is 0 Å². The Bertz CT molecular complexity index is 780. The fraction of sp³-hybridized carbons (Fsp3) is 0.500. The van der Waals surface area contributed by atoms with Gasteiger partial charge in [-0.2, -0.15) is 0 Å². The Labute approximate surface area is 146 Å². The third-order valence-corrected chi connectivity index (χ3v) is 4.96. The summed E-state index contributed by atoms with van der Waals surface area (Å²) in [6.45, 7) is 4.63. The minimum absolute atomic E-state index is 0.214. The quantitative estimate of drug-likeness (QED) is 0.893. The Morgan fingerprint density at radius 1 is 1.36 bits per heavy atom. The van der Waals surface area contributed by atoms with Crippen LogP contribution in [0.5, 0.6) is 5.75 Å². The lowest BCUT2D eigenvalue weighted by molar-refractivity contribution is 0.102. The van der Waals surface area contributed by atoms with Gasteiger partial charge in [0.2, 0.25) is 0 Å². The monoisotopic (exact) mass is 341 g/mol. The topological polar surface area (TPSA) is 81.1 Å². The van der Waals surface area contributed by atoms with Gasteiger partial charge in [0, 0.05) is 5.69 Å². The number of nitrogens with zero attached hydrogens (tertiary/aromatic N) is 3. The highest BCUT2D eigenvalue weighted by Crippen LogP contribution is 2.28. The molecule has 1 aromatic heterocycles. The molecule has 132 valence electrons. The molecule has 2 N–H and O–H groups in total. The zero-order valence-electron chi connectivity index (χ0n) is 14.4. The number of anilines is 1. The molecule has 1 saturated heterocycles. The van der Waals surface area contributed by atoms with E-state index in [0.29, 0.717) is 11.7 Å². The van der Waals surface area contributed by atoms with Gasteiger partial charge < -0.3 is 15.4 Å². The minimum atomic E-state index is -0.214. The molecule has 0 bridgehead atoms. The summed E-state index contributed by atoms with van der Waals surface area (Å²) in [6.07, 6.45) is 4.00. The van der Waals surface area contributed by atoms with E-state index in [4.69, 9.17) is 4.74 Å². The number of amides is 1. The summed E-state index contributed by atoms with van der Waals surface area (Å²) in [4.78, 5) is 12.6. The van der Waals surface area contributed by atoms with Crippen LogP contribution in [0, 0.1) is 6.92 Å². The van der Waals surface area contributed by atoms with Crippen molar-refractivity contribution in [1.82, 2.24) is 20.3 Å². The number of rotatable bonds is 3. The van der Waals surface area contributed by atoms with E-state index < -0.39 is 0 Å². The van der Waals surface area contributed by atoms with Crippen LogP contribution in [0.15, 0.2) is 18.2 Å². The van der Waals surface area contributed by atoms with E-state index in [1.165, 1.54) is 0 Å². The number of benzene rings is 1. The molecule has 1 amide bonds. The summed E-state index contributed by atoms with van der Waals surface area (Å²) in [7, 11) is 0. The van der Waals surface area contributed by atoms with Crippen molar-refractivity contribution in [1.29, 1.82) is 0 Å². The lowest BCUT2D eigenvalue weighted by Crippen LogP contribution is -2.30. The smallest absolute Gasteiger partial charge is 0.278 e. The zero-order valence-corrected chi connectivity index (χ0v) is 14.4. The summed E-state index contributed by atoms with van der Waals surface area (Å²) in [6, 6.07) is 6.09. The van der Waals surface area contributed by atoms with Gasteiger partial charge >= 0.3 is 0 Å². The first-order valence-electron chi connectivity index (χ1n) is 8.92. The number of nitrogens with one attached hydrogen (secondary N) is 2. The second-order valence-electron chi connectivity index (χ2n) is 6.68. The molecular formula is C18H23N5O2. The molecule has 1 fully saturated rings. The SMILES string of the molecule is Cc1c(C(=O)Nc2ccc3c(c2)CCCO3)nnn1C1CCNCC1. The van der Waals surface area contributed by atoms with Crippen LogP contribution in [0.3, 0.4) is 0 Å². The van der Waals surface area contributed by atoms with Gasteiger partial charge in [-0.05, 0) is 69.5 Å². The predicted octanol–water partition coefficient (Wildman–Crippen LogP) is 2.09. The molecular weight excluding hydrogens is 318 g/mol. The van der Waals surface area contributed by atoms with Crippen LogP contribution in [0.1, 0.15) is 47.1 Å². The second-order valence-corrected chi connectivity index (χ2v) is 6.68. The summed E-state index contributed by atoms with van der Waals surface area (Å²) in [5, 5.41) is 14.6. The summed E-state index contributed by atoms with van der Waals surface area (Å²) < 4.78 is 7.51. The maximum Gasteiger partial charge on any atom is 0.278 e. The van der Waals surface area contributed by atoms with Gasteiger partial charge in [-0.25, -0.2) is 4.68 Å². The number of piperidine rings is 1. The average molecular weight is 341 g/mol. The predicted molar refractivity (Wildman–Crippen MR) is 94.1 cm³/mol. The van der Waals surface area contributed by atoms with Crippen molar-refractivity contribution in [2.24, 2.45) is 0 Å². The van der Waals surface area contributed by atoms with Gasteiger partial charge in [0.25, 0.3) is 5.91 Å². The van der Waals surface area contributed by atoms with Crippen LogP contribution >= 0.6 is 0 Å². The van der Waals surface area contributed by atoms with Crippen LogP contribution in [-0.2, 0) is 6.42 Å². The van der Waals surface area contributed by atoms with Crippen LogP contribution in [0.25, 0.3) is 0 Å². The maximum absolute atomic E-state index is 12.6. The number of carbonyl (C=O) groups is 1. The number of hydrogen-bond acceptors (Lipinski definition) is 5. The van der Waals surface area contributed by atoms with Gasteiger partial charge in [0.15, 0.2) is 5.69 Å². The first-order valence-corrected chi connectivity index (χ1v) is 8.92. The molecule has 1 aromatic carbocycles. The number of hydrogen-bond donors (Lipinski definition) is 2. The molecule has 0 atom stereocenters. The number of aryl methyl sites for hydroxylation is 1. The Hall–Kier alpha value is -2.41. The molecule has 2 aliphatic rings. The number of fused-ring (bicyclic) bond motifs is 1. The van der Waals surface area contributed by atoms with Crippen molar-refractivity contribution >= 4 is 11.6 Å². The third-order valence-electron chi connectivity index (χ3n) is 4.96. The van der Waals surface area contributed by atoms with Gasteiger partial charge in [-0.3, -0.25) is 4.79 Å². The minimum Gasteiger partial charge on any atom is -0.493 e. The number of ether oxygens (including phenoxy) is 1. The molecule has 25 heavy (non-hydrogen) atoms. The van der Waals surface area contributed by atoms with Gasteiger partial charge in [0.1, 0.15) is 5.75 Å². The summed E-state index contributed by atoms with van der Waals surface area (Å²) in [5.41, 5.74) is 3.13. The van der Waals surface area contributed by atoms with Gasteiger partial charge in [-0.1, -0.05) is 5.21 Å². The van der Waals surface area contributed by atoms with Crippen molar-refractivity contribution in [2.45, 2.75) is 38.6 Å². The van der Waals surface area contributed by atoms with Crippen LogP contribution in [-0.4, -0.2) is 40.6 Å². The molecule has 0 radical (unpaired) electrons. The Morgan fingerprint density at radius 3 is 3.04 bits per heavy atom. The van der Waals surface area contributed by atoms with E-state index in [-0.39, 0.29) is 5.91 Å². The van der Waals surface area contributed by atoms with Crippen molar-refractivity contribution in [3.8, 4) is 5.75 Å². The molecule has 3 heterocycles. The van der Waals surface area contributed by atoms with Gasteiger partial charge in [0.05, 0.1) is 18.3 Å².